The number of hydrogen-bond acceptors (Lipinski definition) is 1. The zero-order valence-corrected chi connectivity index (χ0v) is 7.79. The number of carbonyl (C=O) groups is 1. The molecule has 0 aliphatic carbocycles. The molecule has 68 valence electrons. The zero-order valence-electron chi connectivity index (χ0n) is 7.79. The average molecular weight is 176 g/mol. The first-order chi connectivity index (χ1) is 6.02. The van der Waals surface area contributed by atoms with Crippen molar-refractivity contribution in [2.45, 2.75) is 13.8 Å². The van der Waals surface area contributed by atoms with Gasteiger partial charge < -0.3 is 5.11 Å². The summed E-state index contributed by atoms with van der Waals surface area (Å²) in [7, 11) is 0. The van der Waals surface area contributed by atoms with Crippen molar-refractivity contribution in [2.24, 2.45) is 0 Å². The number of benzene rings is 1. The predicted molar refractivity (Wildman–Crippen MR) is 52.8 cm³/mol. The van der Waals surface area contributed by atoms with Gasteiger partial charge in [0.2, 0.25) is 0 Å². The minimum absolute atomic E-state index is 0.309. The number of carboxylic acid groups (broad SMARTS) is 1. The van der Waals surface area contributed by atoms with Crippen LogP contribution in [0, 0.1) is 6.92 Å². The summed E-state index contributed by atoms with van der Waals surface area (Å²) in [5.41, 5.74) is 3.17. The molecule has 0 aliphatic heterocycles. The summed E-state index contributed by atoms with van der Waals surface area (Å²) in [5, 5.41) is 8.75. The minimum atomic E-state index is -0.900. The van der Waals surface area contributed by atoms with E-state index in [0.29, 0.717) is 5.56 Å². The highest BCUT2D eigenvalue weighted by Crippen LogP contribution is 2.18. The lowest BCUT2D eigenvalue weighted by atomic mass is 10.0. The van der Waals surface area contributed by atoms with Crippen LogP contribution in [0.25, 0.3) is 5.57 Å². The fraction of sp³-hybridized carbons (Fsp3) is 0.182. The molecule has 0 fully saturated rings. The van der Waals surface area contributed by atoms with Crippen molar-refractivity contribution in [3.05, 3.63) is 41.5 Å². The number of rotatable bonds is 2. The third-order valence-electron chi connectivity index (χ3n) is 1.94. The Bertz CT molecular complexity index is 364. The van der Waals surface area contributed by atoms with Gasteiger partial charge in [-0.15, -0.1) is 0 Å². The fourth-order valence-corrected chi connectivity index (χ4v) is 1.21. The Hall–Kier alpha value is -1.57. The van der Waals surface area contributed by atoms with Crippen LogP contribution < -0.4 is 0 Å². The Morgan fingerprint density at radius 2 is 2.08 bits per heavy atom. The molecule has 0 saturated heterocycles. The highest BCUT2D eigenvalue weighted by atomic mass is 16.4. The number of allylic oxidation sites excluding steroid dienone is 1. The molecule has 1 aromatic carbocycles. The second kappa shape index (κ2) is 3.44. The monoisotopic (exact) mass is 176 g/mol. The number of aryl methyl sites for hydroxylation is 1. The van der Waals surface area contributed by atoms with Crippen molar-refractivity contribution < 1.29 is 9.90 Å². The summed E-state index contributed by atoms with van der Waals surface area (Å²) in [5.74, 6) is -0.900. The molecule has 0 amide bonds. The van der Waals surface area contributed by atoms with Gasteiger partial charge in [-0.25, -0.2) is 4.79 Å². The van der Waals surface area contributed by atoms with E-state index in [4.69, 9.17) is 5.11 Å². The maximum absolute atomic E-state index is 10.7. The number of aromatic carboxylic acids is 1. The molecule has 0 bridgehead atoms. The van der Waals surface area contributed by atoms with Gasteiger partial charge in [-0.1, -0.05) is 18.2 Å². The van der Waals surface area contributed by atoms with Crippen LogP contribution in [0.1, 0.15) is 28.4 Å². The molecule has 1 N–H and O–H groups in total. The van der Waals surface area contributed by atoms with Crippen LogP contribution in [-0.4, -0.2) is 11.1 Å². The van der Waals surface area contributed by atoms with Crippen LogP contribution in [0.15, 0.2) is 24.8 Å². The van der Waals surface area contributed by atoms with Gasteiger partial charge in [-0.3, -0.25) is 0 Å². The maximum Gasteiger partial charge on any atom is 0.335 e. The first kappa shape index (κ1) is 9.52. The SMILES string of the molecule is C=C(C)c1cc(C(=O)O)ccc1C. The fourth-order valence-electron chi connectivity index (χ4n) is 1.21. The van der Waals surface area contributed by atoms with Crippen LogP contribution >= 0.6 is 0 Å². The molecular weight excluding hydrogens is 164 g/mol. The van der Waals surface area contributed by atoms with E-state index >= 15 is 0 Å². The van der Waals surface area contributed by atoms with Gasteiger partial charge in [-0.2, -0.15) is 0 Å². The van der Waals surface area contributed by atoms with E-state index in [1.54, 1.807) is 18.2 Å². The largest absolute Gasteiger partial charge is 0.478 e. The number of hydrogen-bond donors (Lipinski definition) is 1. The normalized spacial score (nSPS) is 9.69. The molecule has 0 unspecified atom stereocenters. The van der Waals surface area contributed by atoms with Crippen LogP contribution in [0.3, 0.4) is 0 Å². The second-order valence-corrected chi connectivity index (χ2v) is 3.12. The van der Waals surface area contributed by atoms with Crippen molar-refractivity contribution >= 4 is 11.5 Å². The average Bonchev–Trinajstić information content (AvgIpc) is 2.04. The van der Waals surface area contributed by atoms with Crippen molar-refractivity contribution in [2.75, 3.05) is 0 Å². The smallest absolute Gasteiger partial charge is 0.335 e. The van der Waals surface area contributed by atoms with Gasteiger partial charge in [0.15, 0.2) is 0 Å². The topological polar surface area (TPSA) is 37.3 Å². The highest BCUT2D eigenvalue weighted by Gasteiger charge is 2.05. The summed E-state index contributed by atoms with van der Waals surface area (Å²) in [6, 6.07) is 5.05. The lowest BCUT2D eigenvalue weighted by molar-refractivity contribution is 0.0697. The van der Waals surface area contributed by atoms with E-state index in [9.17, 15) is 4.79 Å². The zero-order chi connectivity index (χ0) is 10.0. The van der Waals surface area contributed by atoms with Gasteiger partial charge >= 0.3 is 5.97 Å². The standard InChI is InChI=1S/C11H12O2/c1-7(2)10-6-9(11(12)13)5-4-8(10)3/h4-6H,1H2,2-3H3,(H,12,13). The lowest BCUT2D eigenvalue weighted by Crippen LogP contribution is -1.97. The van der Waals surface area contributed by atoms with Gasteiger partial charge in [0.25, 0.3) is 0 Å². The van der Waals surface area contributed by atoms with E-state index in [0.717, 1.165) is 16.7 Å². The van der Waals surface area contributed by atoms with Gasteiger partial charge in [0.05, 0.1) is 5.56 Å². The summed E-state index contributed by atoms with van der Waals surface area (Å²) in [6.07, 6.45) is 0. The highest BCUT2D eigenvalue weighted by molar-refractivity contribution is 5.89. The van der Waals surface area contributed by atoms with E-state index < -0.39 is 5.97 Å². The van der Waals surface area contributed by atoms with E-state index in [2.05, 4.69) is 6.58 Å². The van der Waals surface area contributed by atoms with Crippen LogP contribution in [-0.2, 0) is 0 Å². The molecule has 2 nitrogen and oxygen atoms in total. The van der Waals surface area contributed by atoms with Gasteiger partial charge in [0, 0.05) is 0 Å². The van der Waals surface area contributed by atoms with Gasteiger partial charge in [0.1, 0.15) is 0 Å². The molecule has 0 radical (unpaired) electrons. The Kier molecular flexibility index (Phi) is 2.52. The molecule has 2 heteroatoms. The molecule has 0 heterocycles. The Labute approximate surface area is 77.5 Å². The van der Waals surface area contributed by atoms with Crippen molar-refractivity contribution in [3.63, 3.8) is 0 Å². The predicted octanol–water partition coefficient (Wildman–Crippen LogP) is 2.73. The molecule has 0 aromatic heterocycles. The molecule has 0 saturated carbocycles. The number of carboxylic acids is 1. The third kappa shape index (κ3) is 1.96. The molecule has 0 aliphatic rings. The van der Waals surface area contributed by atoms with Crippen LogP contribution in [0.4, 0.5) is 0 Å². The summed E-state index contributed by atoms with van der Waals surface area (Å²) in [4.78, 5) is 10.7. The molecule has 1 aromatic rings. The Morgan fingerprint density at radius 1 is 1.46 bits per heavy atom. The summed E-state index contributed by atoms with van der Waals surface area (Å²) >= 11 is 0. The van der Waals surface area contributed by atoms with Gasteiger partial charge in [-0.05, 0) is 37.1 Å². The van der Waals surface area contributed by atoms with Crippen molar-refractivity contribution in [1.29, 1.82) is 0 Å². The molecule has 1 rings (SSSR count). The first-order valence-corrected chi connectivity index (χ1v) is 4.02. The molecule has 0 spiro atoms. The quantitative estimate of drug-likeness (QED) is 0.752. The first-order valence-electron chi connectivity index (χ1n) is 4.02. The van der Waals surface area contributed by atoms with Crippen molar-refractivity contribution in [1.82, 2.24) is 0 Å². The van der Waals surface area contributed by atoms with E-state index in [-0.39, 0.29) is 0 Å². The summed E-state index contributed by atoms with van der Waals surface area (Å²) < 4.78 is 0. The second-order valence-electron chi connectivity index (χ2n) is 3.12. The summed E-state index contributed by atoms with van der Waals surface area (Å²) in [6.45, 7) is 7.60. The third-order valence-corrected chi connectivity index (χ3v) is 1.94. The van der Waals surface area contributed by atoms with E-state index in [1.807, 2.05) is 13.8 Å². The van der Waals surface area contributed by atoms with Crippen LogP contribution in [0.5, 0.6) is 0 Å². The lowest BCUT2D eigenvalue weighted by Gasteiger charge is -2.05. The van der Waals surface area contributed by atoms with Crippen LogP contribution in [0.2, 0.25) is 0 Å². The minimum Gasteiger partial charge on any atom is -0.478 e. The van der Waals surface area contributed by atoms with E-state index in [1.165, 1.54) is 0 Å². The molecule has 13 heavy (non-hydrogen) atoms. The maximum atomic E-state index is 10.7. The molecular formula is C11H12O2. The van der Waals surface area contributed by atoms with Crippen molar-refractivity contribution in [3.8, 4) is 0 Å². The molecule has 0 atom stereocenters. The Morgan fingerprint density at radius 3 is 2.54 bits per heavy atom. The Balaban J connectivity index is 3.27.